The van der Waals surface area contributed by atoms with E-state index in [0.29, 0.717) is 19.7 Å². The molecular weight excluding hydrogens is 262 g/mol. The maximum absolute atomic E-state index is 11.8. The third-order valence-corrected chi connectivity index (χ3v) is 3.77. The van der Waals surface area contributed by atoms with Crippen LogP contribution in [-0.4, -0.2) is 50.7 Å². The minimum atomic E-state index is -0.0320. The van der Waals surface area contributed by atoms with E-state index in [1.54, 1.807) is 18.4 Å². The maximum Gasteiger partial charge on any atom is 0.234 e. The van der Waals surface area contributed by atoms with Gasteiger partial charge in [0.15, 0.2) is 0 Å². The van der Waals surface area contributed by atoms with Gasteiger partial charge in [0, 0.05) is 24.6 Å². The van der Waals surface area contributed by atoms with Gasteiger partial charge < -0.3 is 15.8 Å². The largest absolute Gasteiger partial charge is 0.383 e. The minimum Gasteiger partial charge on any atom is -0.383 e. The van der Waals surface area contributed by atoms with E-state index in [1.807, 2.05) is 30.3 Å². The molecule has 0 aliphatic rings. The smallest absolute Gasteiger partial charge is 0.234 e. The Morgan fingerprint density at radius 3 is 2.89 bits per heavy atom. The molecule has 0 saturated heterocycles. The molecule has 0 fully saturated rings. The molecule has 1 aromatic heterocycles. The molecule has 1 rings (SSSR count). The zero-order valence-corrected chi connectivity index (χ0v) is 12.6. The summed E-state index contributed by atoms with van der Waals surface area (Å²) in [5, 5.41) is 4.84. The number of likely N-dealkylation sites (N-methyl/N-ethyl adjacent to an activating group) is 1. The predicted molar refractivity (Wildman–Crippen MR) is 78.2 cm³/mol. The van der Waals surface area contributed by atoms with Crippen LogP contribution < -0.4 is 11.1 Å². The first-order valence-corrected chi connectivity index (χ1v) is 7.19. The molecule has 108 valence electrons. The molecule has 2 unspecified atom stereocenters. The standard InChI is InChI=1S/C13H23N3O2S/c1-10(14)13(11-5-4-8-19-11)16(2)9-12(17)15-6-7-18-3/h4-5,8,10,13H,6-7,9,14H2,1-3H3,(H,15,17). The van der Waals surface area contributed by atoms with Crippen LogP contribution in [0.25, 0.3) is 0 Å². The first-order valence-electron chi connectivity index (χ1n) is 6.31. The van der Waals surface area contributed by atoms with Crippen LogP contribution >= 0.6 is 11.3 Å². The second-order valence-corrected chi connectivity index (χ2v) is 5.56. The summed E-state index contributed by atoms with van der Waals surface area (Å²) in [6, 6.07) is 4.09. The van der Waals surface area contributed by atoms with Crippen LogP contribution in [0.5, 0.6) is 0 Å². The van der Waals surface area contributed by atoms with Gasteiger partial charge in [-0.05, 0) is 25.4 Å². The SMILES string of the molecule is COCCNC(=O)CN(C)C(c1cccs1)C(C)N. The Kier molecular flexibility index (Phi) is 7.01. The highest BCUT2D eigenvalue weighted by Crippen LogP contribution is 2.26. The lowest BCUT2D eigenvalue weighted by molar-refractivity contribution is -0.122. The van der Waals surface area contributed by atoms with Gasteiger partial charge in [-0.25, -0.2) is 0 Å². The van der Waals surface area contributed by atoms with Gasteiger partial charge in [0.2, 0.25) is 5.91 Å². The van der Waals surface area contributed by atoms with E-state index in [1.165, 1.54) is 4.88 Å². The molecule has 1 heterocycles. The van der Waals surface area contributed by atoms with Gasteiger partial charge in [0.05, 0.1) is 19.2 Å². The summed E-state index contributed by atoms with van der Waals surface area (Å²) in [5.41, 5.74) is 6.04. The van der Waals surface area contributed by atoms with Crippen LogP contribution in [-0.2, 0) is 9.53 Å². The Morgan fingerprint density at radius 2 is 2.37 bits per heavy atom. The third kappa shape index (κ3) is 5.28. The average molecular weight is 285 g/mol. The predicted octanol–water partition coefficient (Wildman–Crippen LogP) is 0.831. The zero-order valence-electron chi connectivity index (χ0n) is 11.8. The average Bonchev–Trinajstić information content (AvgIpc) is 2.82. The topological polar surface area (TPSA) is 67.6 Å². The number of nitrogens with one attached hydrogen (secondary N) is 1. The molecule has 1 amide bonds. The highest BCUT2D eigenvalue weighted by atomic mass is 32.1. The second-order valence-electron chi connectivity index (χ2n) is 4.58. The van der Waals surface area contributed by atoms with Gasteiger partial charge in [0.1, 0.15) is 0 Å². The van der Waals surface area contributed by atoms with E-state index in [2.05, 4.69) is 11.4 Å². The van der Waals surface area contributed by atoms with Crippen molar-refractivity contribution in [3.8, 4) is 0 Å². The Bertz CT molecular complexity index is 368. The summed E-state index contributed by atoms with van der Waals surface area (Å²) in [6.45, 7) is 3.35. The lowest BCUT2D eigenvalue weighted by Gasteiger charge is -2.29. The van der Waals surface area contributed by atoms with E-state index in [4.69, 9.17) is 10.5 Å². The Labute approximate surface area is 118 Å². The number of carbonyl (C=O) groups excluding carboxylic acids is 1. The lowest BCUT2D eigenvalue weighted by atomic mass is 10.1. The first kappa shape index (κ1) is 16.1. The van der Waals surface area contributed by atoms with Crippen LogP contribution in [0.1, 0.15) is 17.8 Å². The summed E-state index contributed by atoms with van der Waals surface area (Å²) >= 11 is 1.66. The minimum absolute atomic E-state index is 0.0123. The summed E-state index contributed by atoms with van der Waals surface area (Å²) in [6.07, 6.45) is 0. The van der Waals surface area contributed by atoms with Crippen molar-refractivity contribution in [1.29, 1.82) is 0 Å². The number of methoxy groups -OCH3 is 1. The van der Waals surface area contributed by atoms with Crippen molar-refractivity contribution in [3.63, 3.8) is 0 Å². The van der Waals surface area contributed by atoms with Crippen molar-refractivity contribution >= 4 is 17.2 Å². The molecule has 0 radical (unpaired) electrons. The number of carbonyl (C=O) groups is 1. The van der Waals surface area contributed by atoms with Gasteiger partial charge in [-0.3, -0.25) is 9.69 Å². The van der Waals surface area contributed by atoms with Crippen molar-refractivity contribution in [2.24, 2.45) is 5.73 Å². The quantitative estimate of drug-likeness (QED) is 0.694. The number of nitrogens with two attached hydrogens (primary N) is 1. The normalized spacial score (nSPS) is 14.4. The molecule has 0 aliphatic heterocycles. The number of ether oxygens (including phenoxy) is 1. The van der Waals surface area contributed by atoms with E-state index in [9.17, 15) is 4.79 Å². The summed E-state index contributed by atoms with van der Waals surface area (Å²) < 4.78 is 4.90. The molecule has 0 aromatic carbocycles. The molecule has 19 heavy (non-hydrogen) atoms. The molecule has 0 aliphatic carbocycles. The molecule has 5 nitrogen and oxygen atoms in total. The summed E-state index contributed by atoms with van der Waals surface area (Å²) in [5.74, 6) is -0.0123. The zero-order chi connectivity index (χ0) is 14.3. The number of amides is 1. The van der Waals surface area contributed by atoms with Gasteiger partial charge in [-0.2, -0.15) is 0 Å². The van der Waals surface area contributed by atoms with Crippen LogP contribution in [0.2, 0.25) is 0 Å². The number of hydrogen-bond acceptors (Lipinski definition) is 5. The maximum atomic E-state index is 11.8. The van der Waals surface area contributed by atoms with Crippen LogP contribution in [0.4, 0.5) is 0 Å². The summed E-state index contributed by atoms with van der Waals surface area (Å²) in [4.78, 5) is 14.9. The van der Waals surface area contributed by atoms with Gasteiger partial charge in [-0.1, -0.05) is 6.07 Å². The number of nitrogens with zero attached hydrogens (tertiary/aromatic N) is 1. The number of hydrogen-bond donors (Lipinski definition) is 2. The van der Waals surface area contributed by atoms with E-state index in [-0.39, 0.29) is 18.0 Å². The summed E-state index contributed by atoms with van der Waals surface area (Å²) in [7, 11) is 3.53. The molecule has 0 saturated carbocycles. The molecule has 2 atom stereocenters. The Morgan fingerprint density at radius 1 is 1.63 bits per heavy atom. The fraction of sp³-hybridized carbons (Fsp3) is 0.615. The second kappa shape index (κ2) is 8.27. The van der Waals surface area contributed by atoms with Gasteiger partial charge in [0.25, 0.3) is 0 Å². The third-order valence-electron chi connectivity index (χ3n) is 2.83. The van der Waals surface area contributed by atoms with Crippen molar-refractivity contribution in [2.45, 2.75) is 19.0 Å². The molecule has 0 bridgehead atoms. The van der Waals surface area contributed by atoms with Gasteiger partial charge >= 0.3 is 0 Å². The van der Waals surface area contributed by atoms with Crippen molar-refractivity contribution in [1.82, 2.24) is 10.2 Å². The fourth-order valence-electron chi connectivity index (χ4n) is 2.01. The highest BCUT2D eigenvalue weighted by molar-refractivity contribution is 7.10. The van der Waals surface area contributed by atoms with E-state index < -0.39 is 0 Å². The van der Waals surface area contributed by atoms with Crippen molar-refractivity contribution < 1.29 is 9.53 Å². The highest BCUT2D eigenvalue weighted by Gasteiger charge is 2.23. The van der Waals surface area contributed by atoms with Crippen LogP contribution in [0.3, 0.4) is 0 Å². The number of rotatable bonds is 8. The monoisotopic (exact) mass is 285 g/mol. The number of thiophene rings is 1. The van der Waals surface area contributed by atoms with Crippen LogP contribution in [0, 0.1) is 0 Å². The van der Waals surface area contributed by atoms with Crippen LogP contribution in [0.15, 0.2) is 17.5 Å². The lowest BCUT2D eigenvalue weighted by Crippen LogP contribution is -2.43. The van der Waals surface area contributed by atoms with Crippen molar-refractivity contribution in [2.75, 3.05) is 33.9 Å². The fourth-order valence-corrected chi connectivity index (χ4v) is 3.02. The Hall–Kier alpha value is -0.950. The molecular formula is C13H23N3O2S. The molecule has 1 aromatic rings. The van der Waals surface area contributed by atoms with Crippen molar-refractivity contribution in [3.05, 3.63) is 22.4 Å². The van der Waals surface area contributed by atoms with Gasteiger partial charge in [-0.15, -0.1) is 11.3 Å². The van der Waals surface area contributed by atoms with E-state index in [0.717, 1.165) is 0 Å². The molecule has 6 heteroatoms. The first-order chi connectivity index (χ1) is 9.06. The van der Waals surface area contributed by atoms with E-state index >= 15 is 0 Å². The molecule has 0 spiro atoms. The Balaban J connectivity index is 2.53. The molecule has 3 N–H and O–H groups in total.